The van der Waals surface area contributed by atoms with Crippen LogP contribution in [0.4, 0.5) is 0 Å². The summed E-state index contributed by atoms with van der Waals surface area (Å²) in [7, 11) is 3.25. The molecule has 1 aromatic carbocycles. The Hall–Kier alpha value is -1.59. The first-order valence-corrected chi connectivity index (χ1v) is 6.27. The van der Waals surface area contributed by atoms with Gasteiger partial charge in [-0.2, -0.15) is 0 Å². The smallest absolute Gasteiger partial charge is 0.234 e. The van der Waals surface area contributed by atoms with Gasteiger partial charge < -0.3 is 20.1 Å². The van der Waals surface area contributed by atoms with Crippen LogP contribution in [0.15, 0.2) is 24.3 Å². The lowest BCUT2D eigenvalue weighted by Crippen LogP contribution is -2.40. The highest BCUT2D eigenvalue weighted by Crippen LogP contribution is 2.10. The van der Waals surface area contributed by atoms with Gasteiger partial charge in [-0.15, -0.1) is 0 Å². The van der Waals surface area contributed by atoms with Crippen LogP contribution in [0.1, 0.15) is 12.5 Å². The van der Waals surface area contributed by atoms with E-state index in [0.717, 1.165) is 11.3 Å². The Bertz CT molecular complexity index is 379. The van der Waals surface area contributed by atoms with E-state index in [4.69, 9.17) is 9.47 Å². The van der Waals surface area contributed by atoms with Crippen LogP contribution >= 0.6 is 0 Å². The second kappa shape index (κ2) is 8.50. The predicted molar refractivity (Wildman–Crippen MR) is 74.2 cm³/mol. The normalized spacial score (nSPS) is 11.9. The summed E-state index contributed by atoms with van der Waals surface area (Å²) in [5.74, 6) is 0.799. The molecule has 0 aliphatic carbocycles. The molecule has 0 saturated carbocycles. The van der Waals surface area contributed by atoms with Crippen LogP contribution in [0.25, 0.3) is 0 Å². The van der Waals surface area contributed by atoms with Crippen LogP contribution in [0.3, 0.4) is 0 Å². The van der Waals surface area contributed by atoms with Gasteiger partial charge in [-0.05, 0) is 24.6 Å². The minimum atomic E-state index is -0.0296. The van der Waals surface area contributed by atoms with Crippen molar-refractivity contribution < 1.29 is 14.3 Å². The average Bonchev–Trinajstić information content (AvgIpc) is 2.39. The number of rotatable bonds is 8. The van der Waals surface area contributed by atoms with Gasteiger partial charge in [-0.25, -0.2) is 0 Å². The highest BCUT2D eigenvalue weighted by molar-refractivity contribution is 5.78. The van der Waals surface area contributed by atoms with Crippen LogP contribution in [0.5, 0.6) is 5.75 Å². The minimum Gasteiger partial charge on any atom is -0.497 e. The fourth-order valence-corrected chi connectivity index (χ4v) is 1.68. The molecule has 2 N–H and O–H groups in total. The first-order valence-electron chi connectivity index (χ1n) is 6.27. The van der Waals surface area contributed by atoms with E-state index in [1.165, 1.54) is 0 Å². The molecule has 0 radical (unpaired) electrons. The number of carbonyl (C=O) groups is 1. The number of amides is 1. The number of hydrogen-bond acceptors (Lipinski definition) is 4. The molecule has 1 aromatic rings. The van der Waals surface area contributed by atoms with Crippen molar-refractivity contribution in [2.45, 2.75) is 19.5 Å². The van der Waals surface area contributed by atoms with E-state index < -0.39 is 0 Å². The van der Waals surface area contributed by atoms with Crippen LogP contribution < -0.4 is 15.4 Å². The molecule has 0 fully saturated rings. The maximum absolute atomic E-state index is 11.6. The largest absolute Gasteiger partial charge is 0.497 e. The Balaban J connectivity index is 2.23. The Kier molecular flexibility index (Phi) is 6.92. The first-order chi connectivity index (χ1) is 9.15. The zero-order chi connectivity index (χ0) is 14.1. The number of benzene rings is 1. The lowest BCUT2D eigenvalue weighted by Gasteiger charge is -2.13. The van der Waals surface area contributed by atoms with E-state index in [9.17, 15) is 4.79 Å². The third kappa shape index (κ3) is 6.22. The molecule has 1 unspecified atom stereocenters. The Morgan fingerprint density at radius 3 is 2.53 bits per heavy atom. The van der Waals surface area contributed by atoms with E-state index >= 15 is 0 Å². The Morgan fingerprint density at radius 1 is 1.26 bits per heavy atom. The van der Waals surface area contributed by atoms with Gasteiger partial charge in [0.1, 0.15) is 5.75 Å². The summed E-state index contributed by atoms with van der Waals surface area (Å²) < 4.78 is 10.0. The molecule has 0 bridgehead atoms. The fraction of sp³-hybridized carbons (Fsp3) is 0.500. The van der Waals surface area contributed by atoms with E-state index in [1.807, 2.05) is 31.2 Å². The van der Waals surface area contributed by atoms with Crippen molar-refractivity contribution >= 4 is 5.91 Å². The van der Waals surface area contributed by atoms with Gasteiger partial charge in [-0.3, -0.25) is 4.79 Å². The monoisotopic (exact) mass is 266 g/mol. The van der Waals surface area contributed by atoms with E-state index in [0.29, 0.717) is 19.7 Å². The van der Waals surface area contributed by atoms with Gasteiger partial charge in [0.05, 0.1) is 20.3 Å². The van der Waals surface area contributed by atoms with Crippen molar-refractivity contribution in [1.82, 2.24) is 10.6 Å². The van der Waals surface area contributed by atoms with Gasteiger partial charge in [0.2, 0.25) is 5.91 Å². The number of methoxy groups -OCH3 is 2. The summed E-state index contributed by atoms with van der Waals surface area (Å²) >= 11 is 0. The lowest BCUT2D eigenvalue weighted by molar-refractivity contribution is -0.121. The highest BCUT2D eigenvalue weighted by atomic mass is 16.5. The molecule has 0 aliphatic rings. The minimum absolute atomic E-state index is 0.0280. The van der Waals surface area contributed by atoms with Crippen LogP contribution in [0.2, 0.25) is 0 Å². The van der Waals surface area contributed by atoms with E-state index in [2.05, 4.69) is 10.6 Å². The van der Waals surface area contributed by atoms with Crippen molar-refractivity contribution in [3.63, 3.8) is 0 Å². The van der Waals surface area contributed by atoms with Gasteiger partial charge >= 0.3 is 0 Å². The van der Waals surface area contributed by atoms with Gasteiger partial charge in [0, 0.05) is 19.7 Å². The molecular weight excluding hydrogens is 244 g/mol. The number of ether oxygens (including phenoxy) is 2. The summed E-state index contributed by atoms with van der Waals surface area (Å²) in [4.78, 5) is 11.6. The molecule has 106 valence electrons. The molecular formula is C14H22N2O3. The topological polar surface area (TPSA) is 59.6 Å². The van der Waals surface area contributed by atoms with E-state index in [-0.39, 0.29) is 11.9 Å². The zero-order valence-electron chi connectivity index (χ0n) is 11.7. The summed E-state index contributed by atoms with van der Waals surface area (Å²) in [6.45, 7) is 3.37. The molecule has 1 atom stereocenters. The Labute approximate surface area is 114 Å². The number of hydrogen-bond donors (Lipinski definition) is 2. The van der Waals surface area contributed by atoms with Gasteiger partial charge in [-0.1, -0.05) is 12.1 Å². The van der Waals surface area contributed by atoms with Gasteiger partial charge in [0.25, 0.3) is 0 Å². The van der Waals surface area contributed by atoms with Crippen LogP contribution in [-0.4, -0.2) is 39.3 Å². The zero-order valence-corrected chi connectivity index (χ0v) is 11.7. The molecule has 1 amide bonds. The van der Waals surface area contributed by atoms with Crippen molar-refractivity contribution in [1.29, 1.82) is 0 Å². The highest BCUT2D eigenvalue weighted by Gasteiger charge is 2.06. The number of nitrogens with one attached hydrogen (secondary N) is 2. The van der Waals surface area contributed by atoms with Crippen molar-refractivity contribution in [3.8, 4) is 5.75 Å². The second-order valence-electron chi connectivity index (χ2n) is 4.38. The second-order valence-corrected chi connectivity index (χ2v) is 4.38. The molecule has 0 aromatic heterocycles. The molecule has 1 rings (SSSR count). The van der Waals surface area contributed by atoms with Crippen molar-refractivity contribution in [2.75, 3.05) is 27.4 Å². The summed E-state index contributed by atoms with van der Waals surface area (Å²) in [5, 5.41) is 5.93. The fourth-order valence-electron chi connectivity index (χ4n) is 1.68. The van der Waals surface area contributed by atoms with Crippen molar-refractivity contribution in [3.05, 3.63) is 29.8 Å². The molecule has 5 nitrogen and oxygen atoms in total. The quantitative estimate of drug-likeness (QED) is 0.735. The third-order valence-electron chi connectivity index (χ3n) is 2.60. The standard InChI is InChI=1S/C14H22N2O3/c1-11(10-18-2)16-14(17)9-15-8-12-4-6-13(19-3)7-5-12/h4-7,11,15H,8-10H2,1-3H3,(H,16,17). The van der Waals surface area contributed by atoms with E-state index in [1.54, 1.807) is 14.2 Å². The molecule has 19 heavy (non-hydrogen) atoms. The molecule has 0 heterocycles. The maximum Gasteiger partial charge on any atom is 0.234 e. The number of carbonyl (C=O) groups excluding carboxylic acids is 1. The summed E-state index contributed by atoms with van der Waals surface area (Å²) in [6, 6.07) is 7.77. The predicted octanol–water partition coefficient (Wildman–Crippen LogP) is 0.936. The van der Waals surface area contributed by atoms with Crippen molar-refractivity contribution in [2.24, 2.45) is 0 Å². The molecule has 0 saturated heterocycles. The first kappa shape index (κ1) is 15.5. The van der Waals surface area contributed by atoms with Crippen LogP contribution in [-0.2, 0) is 16.1 Å². The lowest BCUT2D eigenvalue weighted by atomic mass is 10.2. The molecule has 0 spiro atoms. The summed E-state index contributed by atoms with van der Waals surface area (Å²) in [5.41, 5.74) is 1.11. The van der Waals surface area contributed by atoms with Gasteiger partial charge in [0.15, 0.2) is 0 Å². The molecule has 0 aliphatic heterocycles. The Morgan fingerprint density at radius 2 is 1.95 bits per heavy atom. The maximum atomic E-state index is 11.6. The average molecular weight is 266 g/mol. The molecule has 5 heteroatoms. The van der Waals surface area contributed by atoms with Crippen LogP contribution in [0, 0.1) is 0 Å². The third-order valence-corrected chi connectivity index (χ3v) is 2.60. The SMILES string of the molecule is COCC(C)NC(=O)CNCc1ccc(OC)cc1. The summed E-state index contributed by atoms with van der Waals surface area (Å²) in [6.07, 6.45) is 0.